The quantitative estimate of drug-likeness (QED) is 0.677. The number of hydrogen-bond donors (Lipinski definition) is 1. The largest absolute Gasteiger partial charge is 0.374 e. The van der Waals surface area contributed by atoms with E-state index in [9.17, 15) is 14.7 Å². The molecule has 0 heterocycles. The molecule has 1 aliphatic carbocycles. The SMILES string of the molecule is O=C(c1ccccc1)C(O)(C(=O)c1ccccc1)C1CC1. The zero-order valence-electron chi connectivity index (χ0n) is 11.5. The minimum absolute atomic E-state index is 0.280. The third kappa shape index (κ3) is 2.41. The van der Waals surface area contributed by atoms with Gasteiger partial charge in [0.1, 0.15) is 0 Å². The van der Waals surface area contributed by atoms with Crippen LogP contribution in [-0.4, -0.2) is 22.3 Å². The molecule has 1 aliphatic rings. The Labute approximate surface area is 123 Å². The number of hydrogen-bond acceptors (Lipinski definition) is 3. The summed E-state index contributed by atoms with van der Waals surface area (Å²) in [5, 5.41) is 10.9. The van der Waals surface area contributed by atoms with Gasteiger partial charge in [-0.2, -0.15) is 0 Å². The maximum atomic E-state index is 12.7. The van der Waals surface area contributed by atoms with Gasteiger partial charge in [0.25, 0.3) is 0 Å². The van der Waals surface area contributed by atoms with Crippen molar-refractivity contribution in [2.75, 3.05) is 0 Å². The highest BCUT2D eigenvalue weighted by molar-refractivity contribution is 6.22. The van der Waals surface area contributed by atoms with Gasteiger partial charge in [0.15, 0.2) is 5.60 Å². The lowest BCUT2D eigenvalue weighted by molar-refractivity contribution is 0.0211. The zero-order chi connectivity index (χ0) is 14.9. The molecule has 1 saturated carbocycles. The van der Waals surface area contributed by atoms with E-state index < -0.39 is 17.2 Å². The number of rotatable bonds is 5. The summed E-state index contributed by atoms with van der Waals surface area (Å²) in [6.07, 6.45) is 1.40. The fourth-order valence-electron chi connectivity index (χ4n) is 2.59. The van der Waals surface area contributed by atoms with Crippen LogP contribution in [0.15, 0.2) is 60.7 Å². The van der Waals surface area contributed by atoms with Gasteiger partial charge in [-0.15, -0.1) is 0 Å². The molecule has 3 heteroatoms. The van der Waals surface area contributed by atoms with Crippen molar-refractivity contribution >= 4 is 11.6 Å². The smallest absolute Gasteiger partial charge is 0.202 e. The average molecular weight is 280 g/mol. The van der Waals surface area contributed by atoms with Crippen LogP contribution < -0.4 is 0 Å². The van der Waals surface area contributed by atoms with Crippen LogP contribution in [0.1, 0.15) is 33.6 Å². The van der Waals surface area contributed by atoms with E-state index in [1.54, 1.807) is 60.7 Å². The van der Waals surface area contributed by atoms with Crippen LogP contribution in [0.25, 0.3) is 0 Å². The second-order valence-corrected chi connectivity index (χ2v) is 5.43. The topological polar surface area (TPSA) is 54.4 Å². The molecule has 0 spiro atoms. The van der Waals surface area contributed by atoms with E-state index in [1.807, 2.05) is 0 Å². The summed E-state index contributed by atoms with van der Waals surface area (Å²) < 4.78 is 0. The van der Waals surface area contributed by atoms with Gasteiger partial charge in [-0.1, -0.05) is 60.7 Å². The Kier molecular flexibility index (Phi) is 3.43. The Bertz CT molecular complexity index is 606. The predicted octanol–water partition coefficient (Wildman–Crippen LogP) is 2.89. The predicted molar refractivity (Wildman–Crippen MR) is 79.2 cm³/mol. The van der Waals surface area contributed by atoms with E-state index in [0.29, 0.717) is 24.0 Å². The Balaban J connectivity index is 2.01. The number of carbonyl (C=O) groups excluding carboxylic acids is 2. The van der Waals surface area contributed by atoms with Crippen LogP contribution in [0, 0.1) is 5.92 Å². The number of Topliss-reactive ketones (excluding diaryl/α,β-unsaturated/α-hetero) is 2. The summed E-state index contributed by atoms with van der Waals surface area (Å²) in [5.74, 6) is -1.28. The molecule has 0 radical (unpaired) electrons. The van der Waals surface area contributed by atoms with Crippen molar-refractivity contribution in [2.24, 2.45) is 5.92 Å². The second kappa shape index (κ2) is 5.26. The molecule has 0 unspecified atom stereocenters. The van der Waals surface area contributed by atoms with Gasteiger partial charge < -0.3 is 5.11 Å². The van der Waals surface area contributed by atoms with Gasteiger partial charge in [0.05, 0.1) is 0 Å². The lowest BCUT2D eigenvalue weighted by atomic mass is 9.81. The third-order valence-corrected chi connectivity index (χ3v) is 3.93. The van der Waals surface area contributed by atoms with E-state index in [-0.39, 0.29) is 5.92 Å². The molecule has 106 valence electrons. The molecule has 1 fully saturated rings. The lowest BCUT2D eigenvalue weighted by Crippen LogP contribution is -2.48. The number of aliphatic hydroxyl groups is 1. The second-order valence-electron chi connectivity index (χ2n) is 5.43. The van der Waals surface area contributed by atoms with Crippen molar-refractivity contribution in [3.05, 3.63) is 71.8 Å². The first-order valence-corrected chi connectivity index (χ1v) is 7.06. The van der Waals surface area contributed by atoms with Gasteiger partial charge in [-0.25, -0.2) is 0 Å². The molecular weight excluding hydrogens is 264 g/mol. The van der Waals surface area contributed by atoms with Crippen molar-refractivity contribution in [1.82, 2.24) is 0 Å². The first-order valence-electron chi connectivity index (χ1n) is 7.06. The highest BCUT2D eigenvalue weighted by atomic mass is 16.3. The Morgan fingerprint density at radius 2 is 1.19 bits per heavy atom. The standard InChI is InChI=1S/C18H16O3/c19-16(13-7-3-1-4-8-13)18(21,15-11-12-15)17(20)14-9-5-2-6-10-14/h1-10,15,21H,11-12H2. The molecule has 3 rings (SSSR count). The Hall–Kier alpha value is -2.26. The molecule has 0 amide bonds. The summed E-state index contributed by atoms with van der Waals surface area (Å²) in [6.45, 7) is 0. The first kappa shape index (κ1) is 13.7. The molecule has 2 aromatic rings. The van der Waals surface area contributed by atoms with Crippen molar-refractivity contribution < 1.29 is 14.7 Å². The van der Waals surface area contributed by atoms with Crippen LogP contribution >= 0.6 is 0 Å². The zero-order valence-corrected chi connectivity index (χ0v) is 11.5. The maximum Gasteiger partial charge on any atom is 0.202 e. The summed E-state index contributed by atoms with van der Waals surface area (Å²) >= 11 is 0. The van der Waals surface area contributed by atoms with Gasteiger partial charge in [-0.3, -0.25) is 9.59 Å². The maximum absolute atomic E-state index is 12.7. The van der Waals surface area contributed by atoms with E-state index >= 15 is 0 Å². The van der Waals surface area contributed by atoms with E-state index in [0.717, 1.165) is 0 Å². The van der Waals surface area contributed by atoms with E-state index in [1.165, 1.54) is 0 Å². The van der Waals surface area contributed by atoms with Crippen molar-refractivity contribution in [2.45, 2.75) is 18.4 Å². The molecule has 1 N–H and O–H groups in total. The van der Waals surface area contributed by atoms with E-state index in [4.69, 9.17) is 0 Å². The minimum atomic E-state index is -1.94. The van der Waals surface area contributed by atoms with Gasteiger partial charge in [-0.05, 0) is 12.8 Å². The minimum Gasteiger partial charge on any atom is -0.374 e. The highest BCUT2D eigenvalue weighted by Gasteiger charge is 2.55. The third-order valence-electron chi connectivity index (χ3n) is 3.93. The highest BCUT2D eigenvalue weighted by Crippen LogP contribution is 2.43. The summed E-state index contributed by atoms with van der Waals surface area (Å²) in [6, 6.07) is 17.0. The molecule has 0 aliphatic heterocycles. The van der Waals surface area contributed by atoms with Crippen molar-refractivity contribution in [1.29, 1.82) is 0 Å². The summed E-state index contributed by atoms with van der Waals surface area (Å²) in [5.41, 5.74) is -1.20. The fourth-order valence-corrected chi connectivity index (χ4v) is 2.59. The van der Waals surface area contributed by atoms with Gasteiger partial charge in [0, 0.05) is 17.0 Å². The monoisotopic (exact) mass is 280 g/mol. The van der Waals surface area contributed by atoms with Crippen LogP contribution in [-0.2, 0) is 0 Å². The van der Waals surface area contributed by atoms with Crippen molar-refractivity contribution in [3.8, 4) is 0 Å². The van der Waals surface area contributed by atoms with Gasteiger partial charge in [0.2, 0.25) is 11.6 Å². The van der Waals surface area contributed by atoms with Crippen LogP contribution in [0.3, 0.4) is 0 Å². The molecule has 0 saturated heterocycles. The molecule has 0 bridgehead atoms. The van der Waals surface area contributed by atoms with Crippen LogP contribution in [0.5, 0.6) is 0 Å². The summed E-state index contributed by atoms with van der Waals surface area (Å²) in [7, 11) is 0. The van der Waals surface area contributed by atoms with Crippen LogP contribution in [0.2, 0.25) is 0 Å². The van der Waals surface area contributed by atoms with Crippen LogP contribution in [0.4, 0.5) is 0 Å². The fraction of sp³-hybridized carbons (Fsp3) is 0.222. The number of carbonyl (C=O) groups is 2. The molecule has 21 heavy (non-hydrogen) atoms. The molecule has 0 aromatic heterocycles. The lowest BCUT2D eigenvalue weighted by Gasteiger charge is -2.25. The molecule has 0 atom stereocenters. The molecular formula is C18H16O3. The number of benzene rings is 2. The number of ketones is 2. The van der Waals surface area contributed by atoms with Gasteiger partial charge >= 0.3 is 0 Å². The summed E-state index contributed by atoms with van der Waals surface area (Å²) in [4.78, 5) is 25.4. The Morgan fingerprint density at radius 3 is 1.52 bits per heavy atom. The Morgan fingerprint density at radius 1 is 0.810 bits per heavy atom. The van der Waals surface area contributed by atoms with Crippen molar-refractivity contribution in [3.63, 3.8) is 0 Å². The molecule has 2 aromatic carbocycles. The molecule has 3 nitrogen and oxygen atoms in total. The first-order chi connectivity index (χ1) is 10.1. The van der Waals surface area contributed by atoms with E-state index in [2.05, 4.69) is 0 Å². The average Bonchev–Trinajstić information content (AvgIpc) is 3.39. The normalized spacial score (nSPS) is 14.7.